The molecule has 0 atom stereocenters. The molecule has 5 nitrogen and oxygen atoms in total. The third-order valence-corrected chi connectivity index (χ3v) is 5.00. The van der Waals surface area contributed by atoms with E-state index in [2.05, 4.69) is 15.4 Å². The highest BCUT2D eigenvalue weighted by molar-refractivity contribution is 6.31. The summed E-state index contributed by atoms with van der Waals surface area (Å²) in [6, 6.07) is 13.7. The second-order valence-corrected chi connectivity index (χ2v) is 7.38. The molecule has 1 N–H and O–H groups in total. The summed E-state index contributed by atoms with van der Waals surface area (Å²) < 4.78 is 28.4. The van der Waals surface area contributed by atoms with Crippen LogP contribution in [0.4, 0.5) is 14.5 Å². The molecule has 0 aliphatic rings. The number of hydrogen-bond acceptors (Lipinski definition) is 3. The molecular formula is C22H17ClF2N4O. The van der Waals surface area contributed by atoms with Gasteiger partial charge in [0.1, 0.15) is 11.3 Å². The molecule has 0 unspecified atom stereocenters. The Morgan fingerprint density at radius 2 is 1.83 bits per heavy atom. The van der Waals surface area contributed by atoms with Crippen LogP contribution in [-0.2, 0) is 0 Å². The van der Waals surface area contributed by atoms with E-state index in [-0.39, 0.29) is 16.9 Å². The SMILES string of the molecule is Cc1ccc(-c2cc(C(F)F)n3ncc(C(=O)Nc4cc(Cl)ccc4C)c3n2)cc1. The zero-order valence-electron chi connectivity index (χ0n) is 16.2. The van der Waals surface area contributed by atoms with Gasteiger partial charge in [0, 0.05) is 16.3 Å². The summed E-state index contributed by atoms with van der Waals surface area (Å²) in [5.41, 5.74) is 3.19. The van der Waals surface area contributed by atoms with Gasteiger partial charge in [-0.05, 0) is 37.6 Å². The lowest BCUT2D eigenvalue weighted by atomic mass is 10.1. The van der Waals surface area contributed by atoms with Gasteiger partial charge in [0.25, 0.3) is 12.3 Å². The fraction of sp³-hybridized carbons (Fsp3) is 0.136. The number of carbonyl (C=O) groups excluding carboxylic acids is 1. The monoisotopic (exact) mass is 426 g/mol. The zero-order chi connectivity index (χ0) is 21.4. The van der Waals surface area contributed by atoms with Crippen LogP contribution < -0.4 is 5.32 Å². The van der Waals surface area contributed by atoms with Gasteiger partial charge in [-0.3, -0.25) is 4.79 Å². The third-order valence-electron chi connectivity index (χ3n) is 4.76. The van der Waals surface area contributed by atoms with Crippen LogP contribution in [0.2, 0.25) is 5.02 Å². The largest absolute Gasteiger partial charge is 0.322 e. The van der Waals surface area contributed by atoms with Crippen LogP contribution in [0.5, 0.6) is 0 Å². The van der Waals surface area contributed by atoms with Gasteiger partial charge < -0.3 is 5.32 Å². The van der Waals surface area contributed by atoms with Crippen molar-refractivity contribution in [2.75, 3.05) is 5.32 Å². The summed E-state index contributed by atoms with van der Waals surface area (Å²) in [7, 11) is 0. The first-order valence-corrected chi connectivity index (χ1v) is 9.52. The first kappa shape index (κ1) is 20.0. The molecule has 8 heteroatoms. The fourth-order valence-corrected chi connectivity index (χ4v) is 3.26. The topological polar surface area (TPSA) is 59.3 Å². The normalized spacial score (nSPS) is 11.3. The average molecular weight is 427 g/mol. The number of halogens is 3. The smallest absolute Gasteiger partial charge is 0.280 e. The van der Waals surface area contributed by atoms with Gasteiger partial charge >= 0.3 is 0 Å². The highest BCUT2D eigenvalue weighted by atomic mass is 35.5. The fourth-order valence-electron chi connectivity index (χ4n) is 3.09. The zero-order valence-corrected chi connectivity index (χ0v) is 16.9. The van der Waals surface area contributed by atoms with Gasteiger partial charge in [-0.25, -0.2) is 18.3 Å². The van der Waals surface area contributed by atoms with Crippen LogP contribution in [0.1, 0.15) is 33.6 Å². The number of amides is 1. The predicted octanol–water partition coefficient (Wildman–Crippen LogP) is 5.86. The second kappa shape index (κ2) is 7.84. The van der Waals surface area contributed by atoms with Crippen molar-refractivity contribution in [1.82, 2.24) is 14.6 Å². The van der Waals surface area contributed by atoms with Crippen molar-refractivity contribution in [2.45, 2.75) is 20.3 Å². The Labute approximate surface area is 176 Å². The first-order valence-electron chi connectivity index (χ1n) is 9.15. The van der Waals surface area contributed by atoms with Crippen molar-refractivity contribution in [3.05, 3.63) is 82.1 Å². The second-order valence-electron chi connectivity index (χ2n) is 6.94. The molecule has 0 spiro atoms. The lowest BCUT2D eigenvalue weighted by molar-refractivity contribution is 0.102. The van der Waals surface area contributed by atoms with Crippen molar-refractivity contribution < 1.29 is 13.6 Å². The number of aromatic nitrogens is 3. The van der Waals surface area contributed by atoms with Crippen LogP contribution in [0.25, 0.3) is 16.9 Å². The number of anilines is 1. The van der Waals surface area contributed by atoms with E-state index in [1.165, 1.54) is 12.3 Å². The minimum Gasteiger partial charge on any atom is -0.322 e. The average Bonchev–Trinajstić information content (AvgIpc) is 3.14. The quantitative estimate of drug-likeness (QED) is 0.445. The van der Waals surface area contributed by atoms with E-state index in [0.29, 0.717) is 22.0 Å². The number of nitrogens with one attached hydrogen (secondary N) is 1. The summed E-state index contributed by atoms with van der Waals surface area (Å²) in [6.07, 6.45) is -1.55. The van der Waals surface area contributed by atoms with Gasteiger partial charge in [0.2, 0.25) is 0 Å². The molecule has 0 bridgehead atoms. The molecule has 2 aromatic carbocycles. The Morgan fingerprint density at radius 1 is 1.10 bits per heavy atom. The Hall–Kier alpha value is -3.32. The Balaban J connectivity index is 1.81. The molecule has 2 aromatic heterocycles. The number of nitrogens with zero attached hydrogens (tertiary/aromatic N) is 3. The summed E-state index contributed by atoms with van der Waals surface area (Å²) >= 11 is 6.01. The van der Waals surface area contributed by atoms with Crippen molar-refractivity contribution in [3.63, 3.8) is 0 Å². The predicted molar refractivity (Wildman–Crippen MR) is 112 cm³/mol. The molecule has 0 aliphatic heterocycles. The van der Waals surface area contributed by atoms with Crippen LogP contribution in [0.3, 0.4) is 0 Å². The highest BCUT2D eigenvalue weighted by Crippen LogP contribution is 2.28. The van der Waals surface area contributed by atoms with Crippen molar-refractivity contribution in [3.8, 4) is 11.3 Å². The van der Waals surface area contributed by atoms with E-state index in [1.807, 2.05) is 26.0 Å². The van der Waals surface area contributed by atoms with Gasteiger partial charge in [-0.2, -0.15) is 5.10 Å². The summed E-state index contributed by atoms with van der Waals surface area (Å²) in [5, 5.41) is 7.20. The molecule has 0 saturated carbocycles. The van der Waals surface area contributed by atoms with Gasteiger partial charge in [0.05, 0.1) is 11.9 Å². The van der Waals surface area contributed by atoms with Crippen molar-refractivity contribution in [1.29, 1.82) is 0 Å². The van der Waals surface area contributed by atoms with Crippen LogP contribution in [0, 0.1) is 13.8 Å². The van der Waals surface area contributed by atoms with Crippen LogP contribution >= 0.6 is 11.6 Å². The lowest BCUT2D eigenvalue weighted by Gasteiger charge is -2.10. The molecule has 2 heterocycles. The minimum absolute atomic E-state index is 0.0561. The first-order chi connectivity index (χ1) is 14.3. The molecule has 0 aliphatic carbocycles. The van der Waals surface area contributed by atoms with Crippen LogP contribution in [0.15, 0.2) is 54.7 Å². The number of hydrogen-bond donors (Lipinski definition) is 1. The van der Waals surface area contributed by atoms with E-state index >= 15 is 0 Å². The van der Waals surface area contributed by atoms with Gasteiger partial charge in [-0.1, -0.05) is 47.5 Å². The van der Waals surface area contributed by atoms with Gasteiger partial charge in [0.15, 0.2) is 5.65 Å². The number of carbonyl (C=O) groups is 1. The Bertz CT molecular complexity index is 1250. The van der Waals surface area contributed by atoms with E-state index in [4.69, 9.17) is 11.6 Å². The van der Waals surface area contributed by atoms with Crippen molar-refractivity contribution in [2.24, 2.45) is 0 Å². The summed E-state index contributed by atoms with van der Waals surface area (Å²) in [4.78, 5) is 17.4. The van der Waals surface area contributed by atoms with Gasteiger partial charge in [-0.15, -0.1) is 0 Å². The minimum atomic E-state index is -2.79. The number of aryl methyl sites for hydroxylation is 2. The van der Waals surface area contributed by atoms with Crippen molar-refractivity contribution >= 4 is 28.8 Å². The summed E-state index contributed by atoms with van der Waals surface area (Å²) in [6.45, 7) is 3.76. The number of fused-ring (bicyclic) bond motifs is 1. The molecule has 0 radical (unpaired) electrons. The molecule has 152 valence electrons. The highest BCUT2D eigenvalue weighted by Gasteiger charge is 2.22. The maximum absolute atomic E-state index is 13.7. The Kier molecular flexibility index (Phi) is 5.22. The van der Waals surface area contributed by atoms with E-state index in [0.717, 1.165) is 15.6 Å². The number of alkyl halides is 2. The van der Waals surface area contributed by atoms with E-state index in [1.54, 1.807) is 30.3 Å². The van der Waals surface area contributed by atoms with Crippen LogP contribution in [-0.4, -0.2) is 20.5 Å². The lowest BCUT2D eigenvalue weighted by Crippen LogP contribution is -2.13. The molecule has 4 aromatic rings. The summed E-state index contributed by atoms with van der Waals surface area (Å²) in [5.74, 6) is -0.510. The standard InChI is InChI=1S/C22H17ClF2N4O/c1-12-3-6-14(7-4-12)18-10-19(20(24)25)29-21(27-18)16(11-26-29)22(30)28-17-9-15(23)8-5-13(17)2/h3-11,20H,1-2H3,(H,28,30). The third kappa shape index (κ3) is 3.76. The van der Waals surface area contributed by atoms with E-state index in [9.17, 15) is 13.6 Å². The molecule has 0 saturated heterocycles. The molecule has 4 rings (SSSR count). The van der Waals surface area contributed by atoms with E-state index < -0.39 is 12.3 Å². The molecule has 0 fully saturated rings. The number of rotatable bonds is 4. The molecular weight excluding hydrogens is 410 g/mol. The molecule has 1 amide bonds. The number of benzene rings is 2. The molecule has 30 heavy (non-hydrogen) atoms. The maximum Gasteiger partial charge on any atom is 0.280 e. The Morgan fingerprint density at radius 3 is 2.53 bits per heavy atom. The maximum atomic E-state index is 13.7.